The number of carbonyl (C=O) groups is 1. The minimum atomic E-state index is -0.747. The van der Waals surface area contributed by atoms with E-state index in [1.54, 1.807) is 18.3 Å². The number of Topliss-reactive ketones (excluding diaryl/α,β-unsaturated/α-hetero) is 1. The average molecular weight is 186 g/mol. The summed E-state index contributed by atoms with van der Waals surface area (Å²) in [6, 6.07) is 5.57. The lowest BCUT2D eigenvalue weighted by molar-refractivity contribution is 0.0748. The molecule has 1 aromatic heterocycles. The van der Waals surface area contributed by atoms with Gasteiger partial charge in [0, 0.05) is 18.0 Å². The van der Waals surface area contributed by atoms with Crippen LogP contribution in [0.25, 0.3) is 0 Å². The molecule has 1 aromatic rings. The molecule has 0 spiro atoms. The fraction of sp³-hybridized carbons (Fsp3) is 0.364. The summed E-state index contributed by atoms with van der Waals surface area (Å²) in [6.45, 7) is 0. The molecule has 3 heteroatoms. The highest BCUT2D eigenvalue weighted by atomic mass is 16.1. The number of ketones is 1. The maximum atomic E-state index is 11.9. The normalized spacial score (nSPS) is 17.9. The van der Waals surface area contributed by atoms with Gasteiger partial charge in [-0.3, -0.25) is 9.78 Å². The highest BCUT2D eigenvalue weighted by molar-refractivity contribution is 6.02. The van der Waals surface area contributed by atoms with Crippen LogP contribution in [0.1, 0.15) is 29.6 Å². The van der Waals surface area contributed by atoms with Crippen LogP contribution in [0.3, 0.4) is 0 Å². The largest absolute Gasteiger partial charge is 0.292 e. The summed E-state index contributed by atoms with van der Waals surface area (Å²) in [5.74, 6) is -0.0700. The lowest BCUT2D eigenvalue weighted by Gasteiger charge is -2.33. The summed E-state index contributed by atoms with van der Waals surface area (Å²) in [5, 5.41) is 8.98. The number of pyridine rings is 1. The summed E-state index contributed by atoms with van der Waals surface area (Å²) < 4.78 is 0. The Labute approximate surface area is 82.4 Å². The molecular formula is C11H10N2O. The molecule has 1 aliphatic carbocycles. The van der Waals surface area contributed by atoms with Crippen LogP contribution >= 0.6 is 0 Å². The van der Waals surface area contributed by atoms with Crippen molar-refractivity contribution in [2.75, 3.05) is 0 Å². The molecule has 0 N–H and O–H groups in total. The van der Waals surface area contributed by atoms with E-state index in [2.05, 4.69) is 11.1 Å². The van der Waals surface area contributed by atoms with E-state index in [9.17, 15) is 4.79 Å². The van der Waals surface area contributed by atoms with Crippen molar-refractivity contribution in [3.05, 3.63) is 30.1 Å². The maximum Gasteiger partial charge on any atom is 0.184 e. The molecule has 1 fully saturated rings. The van der Waals surface area contributed by atoms with Crippen molar-refractivity contribution >= 4 is 5.78 Å². The zero-order chi connectivity index (χ0) is 10.0. The van der Waals surface area contributed by atoms with Crippen molar-refractivity contribution in [1.82, 2.24) is 4.98 Å². The smallest absolute Gasteiger partial charge is 0.184 e. The number of hydrogen-bond donors (Lipinski definition) is 0. The fourth-order valence-corrected chi connectivity index (χ4v) is 1.69. The highest BCUT2D eigenvalue weighted by Gasteiger charge is 2.44. The van der Waals surface area contributed by atoms with E-state index in [0.717, 1.165) is 6.42 Å². The van der Waals surface area contributed by atoms with E-state index >= 15 is 0 Å². The van der Waals surface area contributed by atoms with Crippen molar-refractivity contribution in [1.29, 1.82) is 5.26 Å². The summed E-state index contributed by atoms with van der Waals surface area (Å²) in [5.41, 5.74) is -0.197. The first kappa shape index (κ1) is 8.89. The van der Waals surface area contributed by atoms with Crippen LogP contribution in [0.4, 0.5) is 0 Å². The Morgan fingerprint density at radius 3 is 2.79 bits per heavy atom. The van der Waals surface area contributed by atoms with Crippen LogP contribution in [0, 0.1) is 16.7 Å². The molecule has 0 unspecified atom stereocenters. The van der Waals surface area contributed by atoms with Gasteiger partial charge in [-0.15, -0.1) is 0 Å². The number of hydrogen-bond acceptors (Lipinski definition) is 3. The Morgan fingerprint density at radius 1 is 1.57 bits per heavy atom. The Hall–Kier alpha value is -1.69. The number of rotatable bonds is 2. The van der Waals surface area contributed by atoms with Gasteiger partial charge in [0.15, 0.2) is 5.78 Å². The topological polar surface area (TPSA) is 53.8 Å². The second-order valence-corrected chi connectivity index (χ2v) is 3.62. The molecule has 2 rings (SSSR count). The predicted octanol–water partition coefficient (Wildman–Crippen LogP) is 1.96. The zero-order valence-electron chi connectivity index (χ0n) is 7.73. The lowest BCUT2D eigenvalue weighted by Crippen LogP contribution is -2.36. The Bertz CT molecular complexity index is 387. The SMILES string of the molecule is N#CC1(C(=O)c2cccnc2)CCC1. The van der Waals surface area contributed by atoms with Gasteiger partial charge in [0.05, 0.1) is 6.07 Å². The number of nitriles is 1. The minimum absolute atomic E-state index is 0.0700. The van der Waals surface area contributed by atoms with E-state index in [0.29, 0.717) is 18.4 Å². The number of nitrogens with zero attached hydrogens (tertiary/aromatic N) is 2. The highest BCUT2D eigenvalue weighted by Crippen LogP contribution is 2.42. The molecule has 0 aliphatic heterocycles. The summed E-state index contributed by atoms with van der Waals surface area (Å²) in [6.07, 6.45) is 5.50. The van der Waals surface area contributed by atoms with Crippen molar-refractivity contribution in [3.63, 3.8) is 0 Å². The molecule has 0 aromatic carbocycles. The molecule has 1 heterocycles. The third-order valence-electron chi connectivity index (χ3n) is 2.78. The van der Waals surface area contributed by atoms with Crippen LogP contribution < -0.4 is 0 Å². The Morgan fingerprint density at radius 2 is 2.36 bits per heavy atom. The zero-order valence-corrected chi connectivity index (χ0v) is 7.73. The van der Waals surface area contributed by atoms with E-state index in [1.165, 1.54) is 6.20 Å². The quantitative estimate of drug-likeness (QED) is 0.663. The maximum absolute atomic E-state index is 11.9. The minimum Gasteiger partial charge on any atom is -0.292 e. The predicted molar refractivity (Wildman–Crippen MR) is 50.5 cm³/mol. The molecule has 70 valence electrons. The molecule has 0 bridgehead atoms. The first-order valence-electron chi connectivity index (χ1n) is 4.65. The first-order valence-corrected chi connectivity index (χ1v) is 4.65. The second-order valence-electron chi connectivity index (χ2n) is 3.62. The molecule has 0 amide bonds. The molecule has 0 radical (unpaired) electrons. The van der Waals surface area contributed by atoms with Crippen molar-refractivity contribution in [2.45, 2.75) is 19.3 Å². The Balaban J connectivity index is 2.29. The van der Waals surface area contributed by atoms with Gasteiger partial charge in [-0.25, -0.2) is 0 Å². The van der Waals surface area contributed by atoms with Gasteiger partial charge in [-0.1, -0.05) is 0 Å². The van der Waals surface area contributed by atoms with Crippen molar-refractivity contribution in [2.24, 2.45) is 5.41 Å². The van der Waals surface area contributed by atoms with E-state index in [-0.39, 0.29) is 5.78 Å². The van der Waals surface area contributed by atoms with Crippen LogP contribution in [0.15, 0.2) is 24.5 Å². The summed E-state index contributed by atoms with van der Waals surface area (Å²) in [4.78, 5) is 15.8. The third kappa shape index (κ3) is 1.20. The van der Waals surface area contributed by atoms with Gasteiger partial charge >= 0.3 is 0 Å². The molecule has 14 heavy (non-hydrogen) atoms. The number of carbonyl (C=O) groups excluding carboxylic acids is 1. The van der Waals surface area contributed by atoms with Gasteiger partial charge in [-0.05, 0) is 31.4 Å². The Kier molecular flexibility index (Phi) is 2.05. The van der Waals surface area contributed by atoms with Gasteiger partial charge < -0.3 is 0 Å². The summed E-state index contributed by atoms with van der Waals surface area (Å²) in [7, 11) is 0. The van der Waals surface area contributed by atoms with Crippen LogP contribution in [-0.4, -0.2) is 10.8 Å². The van der Waals surface area contributed by atoms with Gasteiger partial charge in [0.1, 0.15) is 5.41 Å². The number of aromatic nitrogens is 1. The van der Waals surface area contributed by atoms with Crippen LogP contribution in [0.5, 0.6) is 0 Å². The average Bonchev–Trinajstić information content (AvgIpc) is 2.18. The summed E-state index contributed by atoms with van der Waals surface area (Å²) >= 11 is 0. The monoisotopic (exact) mass is 186 g/mol. The molecule has 0 atom stereocenters. The molecule has 0 saturated heterocycles. The van der Waals surface area contributed by atoms with Gasteiger partial charge in [0.2, 0.25) is 0 Å². The second kappa shape index (κ2) is 3.22. The molecule has 3 nitrogen and oxygen atoms in total. The fourth-order valence-electron chi connectivity index (χ4n) is 1.69. The third-order valence-corrected chi connectivity index (χ3v) is 2.78. The van der Waals surface area contributed by atoms with Crippen LogP contribution in [-0.2, 0) is 0 Å². The van der Waals surface area contributed by atoms with Gasteiger partial charge in [-0.2, -0.15) is 5.26 Å². The van der Waals surface area contributed by atoms with Crippen molar-refractivity contribution < 1.29 is 4.79 Å². The lowest BCUT2D eigenvalue weighted by atomic mass is 9.66. The molecule has 1 saturated carbocycles. The van der Waals surface area contributed by atoms with Gasteiger partial charge in [0.25, 0.3) is 0 Å². The first-order chi connectivity index (χ1) is 6.78. The van der Waals surface area contributed by atoms with E-state index in [1.807, 2.05) is 0 Å². The van der Waals surface area contributed by atoms with E-state index in [4.69, 9.17) is 5.26 Å². The molecule has 1 aliphatic rings. The van der Waals surface area contributed by atoms with E-state index < -0.39 is 5.41 Å². The standard InChI is InChI=1S/C11H10N2O/c12-8-11(4-2-5-11)10(14)9-3-1-6-13-7-9/h1,3,6-7H,2,4-5H2. The van der Waals surface area contributed by atoms with Crippen LogP contribution in [0.2, 0.25) is 0 Å². The molecular weight excluding hydrogens is 176 g/mol. The van der Waals surface area contributed by atoms with Crippen molar-refractivity contribution in [3.8, 4) is 6.07 Å².